The van der Waals surface area contributed by atoms with Gasteiger partial charge in [0.1, 0.15) is 0 Å². The Labute approximate surface area is 85.6 Å². The molecular weight excluding hydrogens is 178 g/mol. The molecule has 1 fully saturated rings. The summed E-state index contributed by atoms with van der Waals surface area (Å²) in [5.74, 6) is 1.12. The van der Waals surface area contributed by atoms with Gasteiger partial charge in [-0.25, -0.2) is 4.79 Å². The van der Waals surface area contributed by atoms with Crippen LogP contribution in [0.25, 0.3) is 0 Å². The van der Waals surface area contributed by atoms with Crippen LogP contribution < -0.4 is 16.4 Å². The first-order valence-corrected chi connectivity index (χ1v) is 5.36. The average Bonchev–Trinajstić information content (AvgIpc) is 2.07. The second kappa shape index (κ2) is 5.20. The highest BCUT2D eigenvalue weighted by Crippen LogP contribution is 2.25. The summed E-state index contributed by atoms with van der Waals surface area (Å²) in [5, 5.41) is 5.76. The van der Waals surface area contributed by atoms with Gasteiger partial charge in [-0.3, -0.25) is 0 Å². The Morgan fingerprint density at radius 2 is 2.14 bits per heavy atom. The molecule has 0 aliphatic heterocycles. The van der Waals surface area contributed by atoms with E-state index in [0.29, 0.717) is 17.9 Å². The van der Waals surface area contributed by atoms with Crippen molar-refractivity contribution in [2.75, 3.05) is 13.1 Å². The minimum Gasteiger partial charge on any atom is -0.338 e. The van der Waals surface area contributed by atoms with E-state index in [9.17, 15) is 4.79 Å². The van der Waals surface area contributed by atoms with Gasteiger partial charge in [0, 0.05) is 12.6 Å². The molecule has 2 amide bonds. The minimum absolute atomic E-state index is 0.0424. The zero-order chi connectivity index (χ0) is 10.6. The van der Waals surface area contributed by atoms with Crippen LogP contribution in [0.5, 0.6) is 0 Å². The highest BCUT2D eigenvalue weighted by atomic mass is 16.2. The molecule has 0 spiro atoms. The minimum atomic E-state index is -0.0424. The molecule has 0 radical (unpaired) electrons. The van der Waals surface area contributed by atoms with Crippen LogP contribution in [0, 0.1) is 11.8 Å². The predicted molar refractivity (Wildman–Crippen MR) is 56.9 cm³/mol. The normalized spacial score (nSPS) is 25.7. The van der Waals surface area contributed by atoms with Crippen LogP contribution in [-0.2, 0) is 0 Å². The first kappa shape index (κ1) is 11.3. The molecule has 0 bridgehead atoms. The molecule has 0 aromatic carbocycles. The third-order valence-electron chi connectivity index (χ3n) is 2.58. The summed E-state index contributed by atoms with van der Waals surface area (Å²) >= 11 is 0. The lowest BCUT2D eigenvalue weighted by atomic mass is 9.80. The summed E-state index contributed by atoms with van der Waals surface area (Å²) in [6, 6.07) is 0.301. The van der Waals surface area contributed by atoms with Crippen molar-refractivity contribution < 1.29 is 4.79 Å². The fraction of sp³-hybridized carbons (Fsp3) is 0.900. The SMILES string of the molecule is CC(C)CNC(=O)NC1CC(CN)C1. The number of urea groups is 1. The molecule has 0 unspecified atom stereocenters. The number of hydrogen-bond donors (Lipinski definition) is 3. The van der Waals surface area contributed by atoms with E-state index in [0.717, 1.165) is 25.9 Å². The number of amides is 2. The smallest absolute Gasteiger partial charge is 0.315 e. The molecule has 1 aliphatic carbocycles. The van der Waals surface area contributed by atoms with Crippen molar-refractivity contribution in [3.63, 3.8) is 0 Å². The highest BCUT2D eigenvalue weighted by Gasteiger charge is 2.28. The van der Waals surface area contributed by atoms with Crippen molar-refractivity contribution in [2.45, 2.75) is 32.7 Å². The quantitative estimate of drug-likeness (QED) is 0.623. The number of nitrogens with two attached hydrogens (primary N) is 1. The number of carbonyl (C=O) groups is 1. The van der Waals surface area contributed by atoms with Crippen LogP contribution in [0.3, 0.4) is 0 Å². The molecule has 4 nitrogen and oxygen atoms in total. The van der Waals surface area contributed by atoms with E-state index in [4.69, 9.17) is 5.73 Å². The summed E-state index contributed by atoms with van der Waals surface area (Å²) < 4.78 is 0. The van der Waals surface area contributed by atoms with Crippen molar-refractivity contribution in [3.05, 3.63) is 0 Å². The van der Waals surface area contributed by atoms with Crippen LogP contribution in [0.15, 0.2) is 0 Å². The van der Waals surface area contributed by atoms with E-state index in [2.05, 4.69) is 24.5 Å². The lowest BCUT2D eigenvalue weighted by Gasteiger charge is -2.34. The number of nitrogens with one attached hydrogen (secondary N) is 2. The zero-order valence-corrected chi connectivity index (χ0v) is 9.05. The topological polar surface area (TPSA) is 67.2 Å². The number of carbonyl (C=O) groups excluding carboxylic acids is 1. The van der Waals surface area contributed by atoms with Gasteiger partial charge in [0.25, 0.3) is 0 Å². The van der Waals surface area contributed by atoms with E-state index in [1.54, 1.807) is 0 Å². The second-order valence-electron chi connectivity index (χ2n) is 4.52. The molecule has 0 aromatic heterocycles. The molecule has 82 valence electrons. The van der Waals surface area contributed by atoms with Gasteiger partial charge in [0.05, 0.1) is 0 Å². The maximum Gasteiger partial charge on any atom is 0.315 e. The molecule has 14 heavy (non-hydrogen) atoms. The molecule has 0 saturated heterocycles. The number of rotatable bonds is 4. The third kappa shape index (κ3) is 3.54. The van der Waals surface area contributed by atoms with Gasteiger partial charge >= 0.3 is 6.03 Å². The van der Waals surface area contributed by atoms with Crippen LogP contribution in [0.2, 0.25) is 0 Å². The monoisotopic (exact) mass is 199 g/mol. The van der Waals surface area contributed by atoms with Crippen LogP contribution in [0.1, 0.15) is 26.7 Å². The fourth-order valence-electron chi connectivity index (χ4n) is 1.58. The van der Waals surface area contributed by atoms with E-state index in [-0.39, 0.29) is 6.03 Å². The Bertz CT molecular complexity index is 188. The van der Waals surface area contributed by atoms with Gasteiger partial charge in [-0.15, -0.1) is 0 Å². The maximum atomic E-state index is 11.3. The summed E-state index contributed by atoms with van der Waals surface area (Å²) in [5.41, 5.74) is 5.50. The highest BCUT2D eigenvalue weighted by molar-refractivity contribution is 5.74. The van der Waals surface area contributed by atoms with Gasteiger partial charge in [0.2, 0.25) is 0 Å². The molecule has 1 saturated carbocycles. The Hall–Kier alpha value is -0.770. The predicted octanol–water partition coefficient (Wildman–Crippen LogP) is 0.679. The fourth-order valence-corrected chi connectivity index (χ4v) is 1.58. The van der Waals surface area contributed by atoms with E-state index in [1.807, 2.05) is 0 Å². The van der Waals surface area contributed by atoms with Crippen molar-refractivity contribution >= 4 is 6.03 Å². The van der Waals surface area contributed by atoms with Gasteiger partial charge in [0.15, 0.2) is 0 Å². The second-order valence-corrected chi connectivity index (χ2v) is 4.52. The molecule has 4 N–H and O–H groups in total. The third-order valence-corrected chi connectivity index (χ3v) is 2.58. The van der Waals surface area contributed by atoms with Gasteiger partial charge in [-0.1, -0.05) is 13.8 Å². The Kier molecular flexibility index (Phi) is 4.20. The molecule has 1 rings (SSSR count). The molecular formula is C10H21N3O. The summed E-state index contributed by atoms with van der Waals surface area (Å²) in [4.78, 5) is 11.3. The van der Waals surface area contributed by atoms with Gasteiger partial charge in [-0.05, 0) is 31.2 Å². The first-order chi connectivity index (χ1) is 6.61. The Balaban J connectivity index is 2.04. The van der Waals surface area contributed by atoms with Gasteiger partial charge in [-0.2, -0.15) is 0 Å². The number of hydrogen-bond acceptors (Lipinski definition) is 2. The van der Waals surface area contributed by atoms with Crippen LogP contribution in [-0.4, -0.2) is 25.2 Å². The molecule has 0 aromatic rings. The molecule has 1 aliphatic rings. The summed E-state index contributed by atoms with van der Waals surface area (Å²) in [6.45, 7) is 5.63. The zero-order valence-electron chi connectivity index (χ0n) is 9.05. The Morgan fingerprint density at radius 3 is 2.64 bits per heavy atom. The van der Waals surface area contributed by atoms with Crippen molar-refractivity contribution in [2.24, 2.45) is 17.6 Å². The lowest BCUT2D eigenvalue weighted by molar-refractivity contribution is 0.204. The lowest BCUT2D eigenvalue weighted by Crippen LogP contribution is -2.50. The van der Waals surface area contributed by atoms with Crippen molar-refractivity contribution in [3.8, 4) is 0 Å². The molecule has 0 atom stereocenters. The maximum absolute atomic E-state index is 11.3. The Morgan fingerprint density at radius 1 is 1.50 bits per heavy atom. The van der Waals surface area contributed by atoms with Crippen molar-refractivity contribution in [1.29, 1.82) is 0 Å². The van der Waals surface area contributed by atoms with E-state index >= 15 is 0 Å². The summed E-state index contributed by atoms with van der Waals surface area (Å²) in [6.07, 6.45) is 2.07. The van der Waals surface area contributed by atoms with E-state index in [1.165, 1.54) is 0 Å². The van der Waals surface area contributed by atoms with Crippen LogP contribution in [0.4, 0.5) is 4.79 Å². The van der Waals surface area contributed by atoms with Crippen LogP contribution >= 0.6 is 0 Å². The molecule has 4 heteroatoms. The summed E-state index contributed by atoms with van der Waals surface area (Å²) in [7, 11) is 0. The first-order valence-electron chi connectivity index (χ1n) is 5.36. The average molecular weight is 199 g/mol. The largest absolute Gasteiger partial charge is 0.338 e. The van der Waals surface area contributed by atoms with E-state index < -0.39 is 0 Å². The van der Waals surface area contributed by atoms with Crippen molar-refractivity contribution in [1.82, 2.24) is 10.6 Å². The standard InChI is InChI=1S/C10H21N3O/c1-7(2)6-12-10(14)13-9-3-8(4-9)5-11/h7-9H,3-6,11H2,1-2H3,(H2,12,13,14). The van der Waals surface area contributed by atoms with Gasteiger partial charge < -0.3 is 16.4 Å². The molecule has 0 heterocycles.